The summed E-state index contributed by atoms with van der Waals surface area (Å²) < 4.78 is 4.77. The number of carboxylic acid groups (broad SMARTS) is 1. The Bertz CT molecular complexity index is 760. The van der Waals surface area contributed by atoms with Gasteiger partial charge in [-0.05, 0) is 73.7 Å². The molecule has 5 aliphatic rings. The van der Waals surface area contributed by atoms with Gasteiger partial charge in [-0.15, -0.1) is 0 Å². The van der Waals surface area contributed by atoms with Crippen LogP contribution in [0.15, 0.2) is 11.6 Å². The average molecular weight is 405 g/mol. The summed E-state index contributed by atoms with van der Waals surface area (Å²) in [5, 5.41) is 30.7. The molecule has 0 radical (unpaired) electrons. The van der Waals surface area contributed by atoms with Crippen LogP contribution in [0, 0.1) is 46.8 Å². The number of carbonyl (C=O) groups is 2. The maximum Gasteiger partial charge on any atom is 0.505 e. The molecule has 5 aliphatic carbocycles. The van der Waals surface area contributed by atoms with Gasteiger partial charge < -0.3 is 20.1 Å². The fourth-order valence-electron chi connectivity index (χ4n) is 8.41. The van der Waals surface area contributed by atoms with Crippen molar-refractivity contribution in [3.63, 3.8) is 0 Å². The first-order valence-electron chi connectivity index (χ1n) is 11.2. The first-order valence-corrected chi connectivity index (χ1v) is 11.2. The summed E-state index contributed by atoms with van der Waals surface area (Å²) in [7, 11) is 0. The molecule has 160 valence electrons. The first-order chi connectivity index (χ1) is 13.8. The molecule has 4 saturated carbocycles. The Morgan fingerprint density at radius 3 is 2.76 bits per heavy atom. The summed E-state index contributed by atoms with van der Waals surface area (Å²) in [6.45, 7) is 2.35. The smallest absolute Gasteiger partial charge is 0.450 e. The Balaban J connectivity index is 1.44. The fraction of sp³-hybridized carbons (Fsp3) is 0.826. The van der Waals surface area contributed by atoms with Gasteiger partial charge in [0.2, 0.25) is 0 Å². The van der Waals surface area contributed by atoms with Crippen LogP contribution >= 0.6 is 0 Å². The van der Waals surface area contributed by atoms with Crippen molar-refractivity contribution in [3.05, 3.63) is 11.6 Å². The highest BCUT2D eigenvalue weighted by molar-refractivity contribution is 5.91. The largest absolute Gasteiger partial charge is 0.505 e. The molecule has 0 bridgehead atoms. The maximum absolute atomic E-state index is 12.0. The lowest BCUT2D eigenvalue weighted by Crippen LogP contribution is -2.56. The molecule has 0 aromatic carbocycles. The Morgan fingerprint density at radius 2 is 2.03 bits per heavy atom. The standard InChI is InChI=1S/C23H32O6/c1-22-5-4-15-14-3-2-13(25)9-16(14)12(11-24)8-17(15)20(22)18-10-19(18)23(22,28)6-7-29-21(26)27/h9,12,14-15,17-20,24,28H,2-8,10-11H2,1H3,(H,26,27)/t12-,14+,15+,17+,18-,19+,20+,22-,23-/m0/s1. The number of ketones is 1. The third-order valence-electron chi connectivity index (χ3n) is 9.58. The Labute approximate surface area is 171 Å². The van der Waals surface area contributed by atoms with Gasteiger partial charge in [-0.1, -0.05) is 12.5 Å². The van der Waals surface area contributed by atoms with Gasteiger partial charge in [-0.2, -0.15) is 0 Å². The Kier molecular flexibility index (Phi) is 4.42. The fourth-order valence-corrected chi connectivity index (χ4v) is 8.41. The van der Waals surface area contributed by atoms with Gasteiger partial charge in [0.05, 0.1) is 12.2 Å². The second-order valence-corrected chi connectivity index (χ2v) is 10.5. The minimum Gasteiger partial charge on any atom is -0.450 e. The van der Waals surface area contributed by atoms with Crippen LogP contribution in [-0.2, 0) is 9.53 Å². The molecule has 0 aromatic heterocycles. The Morgan fingerprint density at radius 1 is 1.24 bits per heavy atom. The molecule has 0 aliphatic heterocycles. The number of ether oxygens (including phenoxy) is 1. The van der Waals surface area contributed by atoms with E-state index in [-0.39, 0.29) is 36.2 Å². The van der Waals surface area contributed by atoms with E-state index in [9.17, 15) is 19.8 Å². The van der Waals surface area contributed by atoms with E-state index in [1.54, 1.807) is 0 Å². The quantitative estimate of drug-likeness (QED) is 0.622. The molecule has 9 atom stereocenters. The molecule has 3 N–H and O–H groups in total. The zero-order valence-electron chi connectivity index (χ0n) is 17.0. The molecule has 5 rings (SSSR count). The van der Waals surface area contributed by atoms with Crippen LogP contribution in [0.2, 0.25) is 0 Å². The summed E-state index contributed by atoms with van der Waals surface area (Å²) in [5.74, 6) is 2.81. The number of aliphatic hydroxyl groups is 2. The first kappa shape index (κ1) is 19.6. The molecule has 0 spiro atoms. The van der Waals surface area contributed by atoms with Crippen molar-refractivity contribution in [2.45, 2.75) is 57.5 Å². The molecule has 6 nitrogen and oxygen atoms in total. The number of hydrogen-bond acceptors (Lipinski definition) is 5. The van der Waals surface area contributed by atoms with E-state index in [2.05, 4.69) is 6.92 Å². The van der Waals surface area contributed by atoms with Crippen molar-refractivity contribution in [3.8, 4) is 0 Å². The van der Waals surface area contributed by atoms with E-state index in [1.165, 1.54) is 5.57 Å². The van der Waals surface area contributed by atoms with E-state index < -0.39 is 11.8 Å². The summed E-state index contributed by atoms with van der Waals surface area (Å²) >= 11 is 0. The van der Waals surface area contributed by atoms with Crippen LogP contribution in [0.4, 0.5) is 4.79 Å². The van der Waals surface area contributed by atoms with E-state index in [4.69, 9.17) is 9.84 Å². The Hall–Kier alpha value is -1.40. The van der Waals surface area contributed by atoms with E-state index in [0.717, 1.165) is 32.1 Å². The number of aliphatic hydroxyl groups excluding tert-OH is 1. The molecular weight excluding hydrogens is 372 g/mol. The zero-order valence-corrected chi connectivity index (χ0v) is 17.0. The lowest BCUT2D eigenvalue weighted by molar-refractivity contribution is -0.151. The van der Waals surface area contributed by atoms with Gasteiger partial charge in [-0.25, -0.2) is 4.79 Å². The van der Waals surface area contributed by atoms with Gasteiger partial charge in [0, 0.05) is 30.8 Å². The number of fused-ring (bicyclic) bond motifs is 7. The van der Waals surface area contributed by atoms with Gasteiger partial charge in [0.15, 0.2) is 5.78 Å². The van der Waals surface area contributed by atoms with Gasteiger partial charge in [-0.3, -0.25) is 4.79 Å². The van der Waals surface area contributed by atoms with E-state index in [1.807, 2.05) is 6.08 Å². The monoisotopic (exact) mass is 404 g/mol. The van der Waals surface area contributed by atoms with Crippen LogP contribution in [0.25, 0.3) is 0 Å². The molecule has 0 unspecified atom stereocenters. The van der Waals surface area contributed by atoms with Crippen LogP contribution in [-0.4, -0.2) is 46.1 Å². The second-order valence-electron chi connectivity index (χ2n) is 10.5. The third-order valence-corrected chi connectivity index (χ3v) is 9.58. The van der Waals surface area contributed by atoms with Crippen LogP contribution in [0.1, 0.15) is 51.9 Å². The summed E-state index contributed by atoms with van der Waals surface area (Å²) in [6.07, 6.45) is 6.32. The highest BCUT2D eigenvalue weighted by Gasteiger charge is 2.75. The predicted octanol–water partition coefficient (Wildman–Crippen LogP) is 3.02. The third kappa shape index (κ3) is 2.67. The molecule has 6 heteroatoms. The van der Waals surface area contributed by atoms with Gasteiger partial charge in [0.25, 0.3) is 0 Å². The molecule has 0 saturated heterocycles. The highest BCUT2D eigenvalue weighted by atomic mass is 16.7. The van der Waals surface area contributed by atoms with Crippen LogP contribution in [0.5, 0.6) is 0 Å². The van der Waals surface area contributed by atoms with Crippen LogP contribution < -0.4 is 0 Å². The molecule has 29 heavy (non-hydrogen) atoms. The normalized spacial score (nSPS) is 50.0. The average Bonchev–Trinajstić information content (AvgIpc) is 3.43. The number of rotatable bonds is 4. The van der Waals surface area contributed by atoms with Crippen LogP contribution in [0.3, 0.4) is 0 Å². The number of carbonyl (C=O) groups excluding carboxylic acids is 1. The zero-order chi connectivity index (χ0) is 20.6. The molecule has 0 amide bonds. The van der Waals surface area contributed by atoms with Crippen molar-refractivity contribution < 1.29 is 29.6 Å². The van der Waals surface area contributed by atoms with E-state index >= 15 is 0 Å². The van der Waals surface area contributed by atoms with Gasteiger partial charge in [0.1, 0.15) is 0 Å². The van der Waals surface area contributed by atoms with E-state index in [0.29, 0.717) is 42.4 Å². The van der Waals surface area contributed by atoms with Crippen molar-refractivity contribution in [2.75, 3.05) is 13.2 Å². The van der Waals surface area contributed by atoms with Crippen molar-refractivity contribution >= 4 is 11.9 Å². The van der Waals surface area contributed by atoms with Gasteiger partial charge >= 0.3 is 6.16 Å². The SMILES string of the molecule is C[C@]12CC[C@H]3[C@@H](C[C@@H](CO)C4=CC(=O)CC[C@@H]43)[C@@H]1[C@H]1C[C@H]1[C@@]2(O)CCOC(=O)O. The molecular formula is C23H32O6. The lowest BCUT2D eigenvalue weighted by Gasteiger charge is -2.58. The molecule has 4 fully saturated rings. The summed E-state index contributed by atoms with van der Waals surface area (Å²) in [4.78, 5) is 22.8. The molecule has 0 aromatic rings. The highest BCUT2D eigenvalue weighted by Crippen LogP contribution is 2.76. The second kappa shape index (κ2) is 6.55. The lowest BCUT2D eigenvalue weighted by atomic mass is 9.47. The topological polar surface area (TPSA) is 104 Å². The number of hydrogen-bond donors (Lipinski definition) is 3. The predicted molar refractivity (Wildman–Crippen MR) is 104 cm³/mol. The summed E-state index contributed by atoms with van der Waals surface area (Å²) in [6, 6.07) is 0. The minimum absolute atomic E-state index is 0.0440. The minimum atomic E-state index is -1.28. The van der Waals surface area contributed by atoms with Crippen molar-refractivity contribution in [1.82, 2.24) is 0 Å². The maximum atomic E-state index is 12.0. The molecule has 0 heterocycles. The van der Waals surface area contributed by atoms with Crippen molar-refractivity contribution in [1.29, 1.82) is 0 Å². The van der Waals surface area contributed by atoms with Crippen molar-refractivity contribution in [2.24, 2.45) is 46.8 Å². The summed E-state index contributed by atoms with van der Waals surface area (Å²) in [5.41, 5.74) is 0.0925.